The molecule has 0 saturated carbocycles. The number of nitrogens with zero attached hydrogens (tertiary/aromatic N) is 2. The Labute approximate surface area is 165 Å². The zero-order chi connectivity index (χ0) is 19.7. The van der Waals surface area contributed by atoms with E-state index in [2.05, 4.69) is 17.1 Å². The highest BCUT2D eigenvalue weighted by atomic mass is 32.2. The first-order valence-electron chi connectivity index (χ1n) is 8.68. The SMILES string of the molecule is COc1ccc2c(CSc3nnc(-c4ccc(C)c(C)c4)o3)cc(=O)oc2c1. The molecule has 0 bridgehead atoms. The van der Waals surface area contributed by atoms with Gasteiger partial charge in [0.05, 0.1) is 7.11 Å². The third kappa shape index (κ3) is 3.66. The van der Waals surface area contributed by atoms with Crippen LogP contribution >= 0.6 is 11.8 Å². The predicted molar refractivity (Wildman–Crippen MR) is 108 cm³/mol. The van der Waals surface area contributed by atoms with E-state index in [4.69, 9.17) is 13.6 Å². The van der Waals surface area contributed by atoms with Crippen LogP contribution in [0.15, 0.2) is 61.3 Å². The molecule has 2 heterocycles. The van der Waals surface area contributed by atoms with Crippen molar-refractivity contribution in [2.45, 2.75) is 24.8 Å². The van der Waals surface area contributed by atoms with Crippen molar-refractivity contribution in [3.8, 4) is 17.2 Å². The van der Waals surface area contributed by atoms with Crippen LogP contribution in [0.4, 0.5) is 0 Å². The summed E-state index contributed by atoms with van der Waals surface area (Å²) in [5.41, 5.74) is 4.19. The molecule has 0 aliphatic carbocycles. The lowest BCUT2D eigenvalue weighted by Crippen LogP contribution is -2.00. The maximum absolute atomic E-state index is 11.9. The molecule has 6 nitrogen and oxygen atoms in total. The normalized spacial score (nSPS) is 11.1. The summed E-state index contributed by atoms with van der Waals surface area (Å²) in [6, 6.07) is 12.9. The van der Waals surface area contributed by atoms with Crippen LogP contribution in [0.1, 0.15) is 16.7 Å². The summed E-state index contributed by atoms with van der Waals surface area (Å²) in [7, 11) is 1.57. The fourth-order valence-corrected chi connectivity index (χ4v) is 3.61. The van der Waals surface area contributed by atoms with Crippen molar-refractivity contribution in [2.75, 3.05) is 7.11 Å². The van der Waals surface area contributed by atoms with Crippen LogP contribution in [-0.2, 0) is 5.75 Å². The molecule has 0 amide bonds. The third-order valence-corrected chi connectivity index (χ3v) is 5.42. The first kappa shape index (κ1) is 18.3. The van der Waals surface area contributed by atoms with Crippen LogP contribution in [0.25, 0.3) is 22.4 Å². The Hall–Kier alpha value is -3.06. The van der Waals surface area contributed by atoms with Crippen LogP contribution < -0.4 is 10.4 Å². The van der Waals surface area contributed by atoms with E-state index < -0.39 is 5.63 Å². The van der Waals surface area contributed by atoms with Crippen LogP contribution in [0, 0.1) is 13.8 Å². The summed E-state index contributed by atoms with van der Waals surface area (Å²) in [5, 5.41) is 9.55. The van der Waals surface area contributed by atoms with Crippen molar-refractivity contribution in [3.05, 3.63) is 69.6 Å². The molecule has 0 atom stereocenters. The fraction of sp³-hybridized carbons (Fsp3) is 0.190. The summed E-state index contributed by atoms with van der Waals surface area (Å²) in [6.07, 6.45) is 0. The Kier molecular flexibility index (Phi) is 4.92. The molecule has 0 aliphatic rings. The number of hydrogen-bond donors (Lipinski definition) is 0. The van der Waals surface area contributed by atoms with E-state index in [-0.39, 0.29) is 0 Å². The van der Waals surface area contributed by atoms with Gasteiger partial charge in [0.25, 0.3) is 5.22 Å². The predicted octanol–water partition coefficient (Wildman–Crippen LogP) is 4.76. The van der Waals surface area contributed by atoms with Crippen molar-refractivity contribution < 1.29 is 13.6 Å². The molecule has 0 unspecified atom stereocenters. The lowest BCUT2D eigenvalue weighted by atomic mass is 10.1. The highest BCUT2D eigenvalue weighted by Gasteiger charge is 2.12. The summed E-state index contributed by atoms with van der Waals surface area (Å²) in [6.45, 7) is 4.11. The number of benzene rings is 2. The van der Waals surface area contributed by atoms with Gasteiger partial charge in [-0.3, -0.25) is 0 Å². The van der Waals surface area contributed by atoms with Gasteiger partial charge in [-0.15, -0.1) is 10.2 Å². The average molecular weight is 394 g/mol. The molecular weight excluding hydrogens is 376 g/mol. The van der Waals surface area contributed by atoms with Gasteiger partial charge in [-0.25, -0.2) is 4.79 Å². The lowest BCUT2D eigenvalue weighted by Gasteiger charge is -2.05. The summed E-state index contributed by atoms with van der Waals surface area (Å²) < 4.78 is 16.3. The number of ether oxygens (including phenoxy) is 1. The second kappa shape index (κ2) is 7.52. The molecule has 0 saturated heterocycles. The van der Waals surface area contributed by atoms with Gasteiger partial charge >= 0.3 is 5.63 Å². The van der Waals surface area contributed by atoms with Crippen LogP contribution in [-0.4, -0.2) is 17.3 Å². The number of aryl methyl sites for hydroxylation is 2. The topological polar surface area (TPSA) is 78.4 Å². The Morgan fingerprint density at radius 2 is 1.86 bits per heavy atom. The number of rotatable bonds is 5. The molecule has 2 aromatic heterocycles. The van der Waals surface area contributed by atoms with Crippen molar-refractivity contribution >= 4 is 22.7 Å². The molecule has 2 aromatic carbocycles. The van der Waals surface area contributed by atoms with E-state index in [0.717, 1.165) is 16.5 Å². The van der Waals surface area contributed by atoms with Gasteiger partial charge in [-0.2, -0.15) is 0 Å². The number of aromatic nitrogens is 2. The summed E-state index contributed by atoms with van der Waals surface area (Å²) in [5.74, 6) is 1.62. The minimum absolute atomic E-state index is 0.405. The van der Waals surface area contributed by atoms with Gasteiger partial charge < -0.3 is 13.6 Å². The van der Waals surface area contributed by atoms with Crippen molar-refractivity contribution in [1.29, 1.82) is 0 Å². The molecule has 28 heavy (non-hydrogen) atoms. The van der Waals surface area contributed by atoms with Crippen LogP contribution in [0.2, 0.25) is 0 Å². The first-order chi connectivity index (χ1) is 13.5. The minimum atomic E-state index is -0.405. The molecule has 0 aliphatic heterocycles. The van der Waals surface area contributed by atoms with Gasteiger partial charge in [-0.05, 0) is 54.8 Å². The maximum Gasteiger partial charge on any atom is 0.336 e. The molecule has 0 radical (unpaired) electrons. The minimum Gasteiger partial charge on any atom is -0.497 e. The number of methoxy groups -OCH3 is 1. The highest BCUT2D eigenvalue weighted by molar-refractivity contribution is 7.98. The molecule has 4 aromatic rings. The van der Waals surface area contributed by atoms with Crippen molar-refractivity contribution in [1.82, 2.24) is 10.2 Å². The van der Waals surface area contributed by atoms with Gasteiger partial charge in [0, 0.05) is 28.8 Å². The zero-order valence-corrected chi connectivity index (χ0v) is 16.5. The molecular formula is C21H18N2O4S. The van der Waals surface area contributed by atoms with E-state index in [1.165, 1.54) is 29.0 Å². The zero-order valence-electron chi connectivity index (χ0n) is 15.7. The molecule has 4 rings (SSSR count). The number of thioether (sulfide) groups is 1. The summed E-state index contributed by atoms with van der Waals surface area (Å²) >= 11 is 1.38. The summed E-state index contributed by atoms with van der Waals surface area (Å²) in [4.78, 5) is 11.9. The van der Waals surface area contributed by atoms with E-state index in [1.54, 1.807) is 13.2 Å². The second-order valence-electron chi connectivity index (χ2n) is 6.41. The standard InChI is InChI=1S/C21H18N2O4S/c1-12-4-5-14(8-13(12)2)20-22-23-21(27-20)28-11-15-9-19(24)26-18-10-16(25-3)6-7-17(15)18/h4-10H,11H2,1-3H3. The Balaban J connectivity index is 1.57. The first-order valence-corrected chi connectivity index (χ1v) is 9.67. The largest absolute Gasteiger partial charge is 0.497 e. The van der Waals surface area contributed by atoms with Crippen molar-refractivity contribution in [2.24, 2.45) is 0 Å². The van der Waals surface area contributed by atoms with Gasteiger partial charge in [0.2, 0.25) is 5.89 Å². The Morgan fingerprint density at radius 1 is 1.00 bits per heavy atom. The number of hydrogen-bond acceptors (Lipinski definition) is 7. The van der Waals surface area contributed by atoms with Crippen LogP contribution in [0.3, 0.4) is 0 Å². The Bertz CT molecular complexity index is 1210. The Morgan fingerprint density at radius 3 is 2.64 bits per heavy atom. The van der Waals surface area contributed by atoms with Crippen LogP contribution in [0.5, 0.6) is 5.75 Å². The van der Waals surface area contributed by atoms with Crippen molar-refractivity contribution in [3.63, 3.8) is 0 Å². The van der Waals surface area contributed by atoms with E-state index in [1.807, 2.05) is 37.3 Å². The quantitative estimate of drug-likeness (QED) is 0.357. The van der Waals surface area contributed by atoms with E-state index in [0.29, 0.717) is 28.2 Å². The number of fused-ring (bicyclic) bond motifs is 1. The van der Waals surface area contributed by atoms with Gasteiger partial charge in [0.1, 0.15) is 11.3 Å². The molecule has 0 spiro atoms. The van der Waals surface area contributed by atoms with E-state index >= 15 is 0 Å². The third-order valence-electron chi connectivity index (χ3n) is 4.55. The van der Waals surface area contributed by atoms with Gasteiger partial charge in [0.15, 0.2) is 0 Å². The fourth-order valence-electron chi connectivity index (χ4n) is 2.86. The van der Waals surface area contributed by atoms with E-state index in [9.17, 15) is 4.79 Å². The smallest absolute Gasteiger partial charge is 0.336 e. The monoisotopic (exact) mass is 394 g/mol. The molecule has 0 N–H and O–H groups in total. The molecule has 142 valence electrons. The average Bonchev–Trinajstić information content (AvgIpc) is 3.16. The lowest BCUT2D eigenvalue weighted by molar-refractivity contribution is 0.414. The second-order valence-corrected chi connectivity index (χ2v) is 7.34. The highest BCUT2D eigenvalue weighted by Crippen LogP contribution is 2.29. The van der Waals surface area contributed by atoms with Gasteiger partial charge in [-0.1, -0.05) is 17.8 Å². The molecule has 7 heteroatoms. The maximum atomic E-state index is 11.9. The molecule has 0 fully saturated rings.